The molecule has 0 aliphatic carbocycles. The van der Waals surface area contributed by atoms with Gasteiger partial charge in [-0.3, -0.25) is 25.0 Å². The van der Waals surface area contributed by atoms with Gasteiger partial charge in [-0.05, 0) is 23.3 Å². The summed E-state index contributed by atoms with van der Waals surface area (Å²) in [6.45, 7) is 0. The maximum absolute atomic E-state index is 12.6. The highest BCUT2D eigenvalue weighted by Crippen LogP contribution is 2.47. The van der Waals surface area contributed by atoms with Gasteiger partial charge < -0.3 is 5.11 Å². The molecule has 4 rings (SSSR count). The van der Waals surface area contributed by atoms with Gasteiger partial charge in [-0.25, -0.2) is 0 Å². The third-order valence-electron chi connectivity index (χ3n) is 5.43. The molecule has 4 unspecified atom stereocenters. The summed E-state index contributed by atoms with van der Waals surface area (Å²) in [7, 11) is 0. The van der Waals surface area contributed by atoms with Crippen LogP contribution in [0.25, 0.3) is 0 Å². The van der Waals surface area contributed by atoms with Crippen LogP contribution in [0.3, 0.4) is 0 Å². The van der Waals surface area contributed by atoms with Crippen LogP contribution in [0.1, 0.15) is 17.2 Å². The highest BCUT2D eigenvalue weighted by atomic mass is 79.9. The fraction of sp³-hybridized carbons (Fsp3) is 0.250. The number of fused-ring (bicyclic) bond motifs is 1. The molecule has 2 aliphatic rings. The van der Waals surface area contributed by atoms with E-state index in [0.29, 0.717) is 0 Å². The second-order valence-corrected chi connectivity index (χ2v) is 7.89. The molecule has 2 aromatic rings. The summed E-state index contributed by atoms with van der Waals surface area (Å²) >= 11 is 3.37. The zero-order valence-corrected chi connectivity index (χ0v) is 15.8. The van der Waals surface area contributed by atoms with E-state index in [9.17, 15) is 19.5 Å². The molecule has 4 atom stereocenters. The van der Waals surface area contributed by atoms with E-state index in [1.54, 1.807) is 0 Å². The molecule has 0 saturated carbocycles. The zero-order valence-electron chi connectivity index (χ0n) is 14.2. The number of carbonyl (C=O) groups excluding carboxylic acids is 2. The molecule has 27 heavy (non-hydrogen) atoms. The maximum Gasteiger partial charge on any atom is 0.325 e. The molecule has 138 valence electrons. The van der Waals surface area contributed by atoms with Gasteiger partial charge in [-0.2, -0.15) is 0 Å². The Bertz CT molecular complexity index is 915. The molecular weight excluding hydrogens is 412 g/mol. The number of imide groups is 1. The predicted molar refractivity (Wildman–Crippen MR) is 101 cm³/mol. The lowest BCUT2D eigenvalue weighted by Crippen LogP contribution is -2.57. The lowest BCUT2D eigenvalue weighted by atomic mass is 9.76. The number of carbonyl (C=O) groups is 3. The van der Waals surface area contributed by atoms with Crippen LogP contribution in [-0.4, -0.2) is 28.4 Å². The second kappa shape index (κ2) is 6.58. The van der Waals surface area contributed by atoms with Crippen LogP contribution >= 0.6 is 15.9 Å². The first-order chi connectivity index (χ1) is 12.9. The van der Waals surface area contributed by atoms with Crippen molar-refractivity contribution in [3.05, 3.63) is 70.2 Å². The second-order valence-electron chi connectivity index (χ2n) is 6.97. The molecule has 3 N–H and O–H groups in total. The van der Waals surface area contributed by atoms with Crippen molar-refractivity contribution in [2.75, 3.05) is 0 Å². The number of carboxylic acids is 1. The van der Waals surface area contributed by atoms with Crippen LogP contribution in [0.2, 0.25) is 0 Å². The average molecular weight is 429 g/mol. The highest BCUT2D eigenvalue weighted by Gasteiger charge is 2.66. The summed E-state index contributed by atoms with van der Waals surface area (Å²) in [4.78, 5) is 37.5. The Morgan fingerprint density at radius 3 is 2.33 bits per heavy atom. The number of aliphatic carboxylic acids is 1. The number of hydrogen-bond acceptors (Lipinski definition) is 4. The van der Waals surface area contributed by atoms with E-state index in [1.807, 2.05) is 54.6 Å². The van der Waals surface area contributed by atoms with Gasteiger partial charge in [-0.15, -0.1) is 0 Å². The summed E-state index contributed by atoms with van der Waals surface area (Å²) in [5, 5.41) is 15.6. The van der Waals surface area contributed by atoms with E-state index in [4.69, 9.17) is 0 Å². The zero-order chi connectivity index (χ0) is 19.2. The van der Waals surface area contributed by atoms with Crippen molar-refractivity contribution in [2.45, 2.75) is 18.0 Å². The third kappa shape index (κ3) is 2.87. The van der Waals surface area contributed by atoms with Crippen molar-refractivity contribution < 1.29 is 19.5 Å². The Kier molecular flexibility index (Phi) is 4.36. The van der Waals surface area contributed by atoms with Crippen molar-refractivity contribution in [3.63, 3.8) is 0 Å². The minimum absolute atomic E-state index is 0.109. The molecular formula is C20H17BrN2O4. The lowest BCUT2D eigenvalue weighted by molar-refractivity contribution is -0.149. The fourth-order valence-electron chi connectivity index (χ4n) is 4.24. The minimum Gasteiger partial charge on any atom is -0.480 e. The number of hydrogen-bond donors (Lipinski definition) is 3. The van der Waals surface area contributed by atoms with Crippen LogP contribution in [0.4, 0.5) is 0 Å². The molecule has 0 bridgehead atoms. The summed E-state index contributed by atoms with van der Waals surface area (Å²) in [5.74, 6) is -3.84. The van der Waals surface area contributed by atoms with Gasteiger partial charge in [0.2, 0.25) is 11.8 Å². The molecule has 2 amide bonds. The van der Waals surface area contributed by atoms with Crippen molar-refractivity contribution in [1.82, 2.24) is 10.6 Å². The Hall–Kier alpha value is -2.51. The van der Waals surface area contributed by atoms with E-state index in [-0.39, 0.29) is 6.42 Å². The van der Waals surface area contributed by atoms with Crippen molar-refractivity contribution in [3.8, 4) is 0 Å². The Morgan fingerprint density at radius 1 is 1.04 bits per heavy atom. The number of benzene rings is 2. The Labute approximate surface area is 164 Å². The molecule has 2 saturated heterocycles. The Balaban J connectivity index is 1.81. The van der Waals surface area contributed by atoms with Gasteiger partial charge in [0.05, 0.1) is 11.8 Å². The molecule has 6 nitrogen and oxygen atoms in total. The smallest absolute Gasteiger partial charge is 0.325 e. The van der Waals surface area contributed by atoms with E-state index < -0.39 is 41.2 Å². The first kappa shape index (κ1) is 17.9. The van der Waals surface area contributed by atoms with E-state index in [2.05, 4.69) is 26.6 Å². The SMILES string of the molecule is O=C1NC(=O)C2C1C(c1ccc(Br)cc1)NC2(Cc1ccccc1)C(=O)O. The third-order valence-corrected chi connectivity index (χ3v) is 5.96. The summed E-state index contributed by atoms with van der Waals surface area (Å²) in [5.41, 5.74) is 0.00370. The highest BCUT2D eigenvalue weighted by molar-refractivity contribution is 9.10. The topological polar surface area (TPSA) is 95.5 Å². The Morgan fingerprint density at radius 2 is 1.70 bits per heavy atom. The number of halogens is 1. The summed E-state index contributed by atoms with van der Waals surface area (Å²) in [6, 6.07) is 15.9. The quantitative estimate of drug-likeness (QED) is 0.647. The number of rotatable bonds is 4. The van der Waals surface area contributed by atoms with Crippen molar-refractivity contribution in [1.29, 1.82) is 0 Å². The first-order valence-electron chi connectivity index (χ1n) is 8.57. The number of nitrogens with one attached hydrogen (secondary N) is 2. The van der Waals surface area contributed by atoms with Gasteiger partial charge in [0.1, 0.15) is 5.54 Å². The predicted octanol–water partition coefficient (Wildman–Crippen LogP) is 2.05. The molecule has 2 heterocycles. The first-order valence-corrected chi connectivity index (χ1v) is 9.37. The molecule has 2 fully saturated rings. The van der Waals surface area contributed by atoms with E-state index >= 15 is 0 Å². The summed E-state index contributed by atoms with van der Waals surface area (Å²) in [6.07, 6.45) is 0.109. The molecule has 0 aromatic heterocycles. The van der Waals surface area contributed by atoms with Crippen molar-refractivity contribution in [2.24, 2.45) is 11.8 Å². The normalized spacial score (nSPS) is 29.4. The van der Waals surface area contributed by atoms with E-state index in [1.165, 1.54) is 0 Å². The molecule has 0 spiro atoms. The molecule has 2 aliphatic heterocycles. The minimum atomic E-state index is -1.56. The van der Waals surface area contributed by atoms with Crippen LogP contribution < -0.4 is 10.6 Å². The monoisotopic (exact) mass is 428 g/mol. The summed E-state index contributed by atoms with van der Waals surface area (Å²) < 4.78 is 0.876. The number of amides is 2. The maximum atomic E-state index is 12.6. The van der Waals surface area contributed by atoms with Gasteiger partial charge >= 0.3 is 5.97 Å². The van der Waals surface area contributed by atoms with Crippen molar-refractivity contribution >= 4 is 33.7 Å². The molecule has 7 heteroatoms. The lowest BCUT2D eigenvalue weighted by Gasteiger charge is -2.30. The van der Waals surface area contributed by atoms with Crippen LogP contribution in [0.5, 0.6) is 0 Å². The van der Waals surface area contributed by atoms with Gasteiger partial charge in [0.15, 0.2) is 0 Å². The van der Waals surface area contributed by atoms with Crippen LogP contribution in [-0.2, 0) is 20.8 Å². The van der Waals surface area contributed by atoms with Gasteiger partial charge in [0.25, 0.3) is 0 Å². The number of carboxylic acid groups (broad SMARTS) is 1. The van der Waals surface area contributed by atoms with Gasteiger partial charge in [0, 0.05) is 16.9 Å². The van der Waals surface area contributed by atoms with E-state index in [0.717, 1.165) is 15.6 Å². The molecule has 0 radical (unpaired) electrons. The largest absolute Gasteiger partial charge is 0.480 e. The van der Waals surface area contributed by atoms with Gasteiger partial charge in [-0.1, -0.05) is 58.4 Å². The van der Waals surface area contributed by atoms with Crippen LogP contribution in [0, 0.1) is 11.8 Å². The molecule has 2 aromatic carbocycles. The van der Waals surface area contributed by atoms with Crippen LogP contribution in [0.15, 0.2) is 59.1 Å². The average Bonchev–Trinajstić information content (AvgIpc) is 3.14. The fourth-order valence-corrected chi connectivity index (χ4v) is 4.50. The standard InChI is InChI=1S/C20H17BrN2O4/c21-13-8-6-12(7-9-13)16-14-15(18(25)22-17(14)24)20(23-16,19(26)27)10-11-4-2-1-3-5-11/h1-9,14-16,23H,10H2,(H,26,27)(H,22,24,25).